The minimum absolute atomic E-state index is 0.0167. The van der Waals surface area contributed by atoms with E-state index >= 15 is 0 Å². The first-order valence-corrected chi connectivity index (χ1v) is 11.2. The van der Waals surface area contributed by atoms with E-state index in [1.54, 1.807) is 23.8 Å². The van der Waals surface area contributed by atoms with Gasteiger partial charge in [-0.05, 0) is 36.2 Å². The molecule has 2 aromatic carbocycles. The molecule has 1 aliphatic rings. The van der Waals surface area contributed by atoms with E-state index < -0.39 is 0 Å². The quantitative estimate of drug-likeness (QED) is 0.653. The standard InChI is InChI=1S/C23H28N2O4S/c1-3-13-29-19-9-8-17(15-20(19)28-2)16-24-22(26)10-11-23(27)25-12-14-30-21-7-5-4-6-18(21)25/h4-9,15H,3,10-14,16H2,1-2H3,(H,24,26). The molecule has 160 valence electrons. The third-order valence-corrected chi connectivity index (χ3v) is 5.82. The maximum absolute atomic E-state index is 12.7. The van der Waals surface area contributed by atoms with Gasteiger partial charge in [0, 0.05) is 36.6 Å². The van der Waals surface area contributed by atoms with Gasteiger partial charge in [0.05, 0.1) is 19.4 Å². The second kappa shape index (κ2) is 10.9. The van der Waals surface area contributed by atoms with E-state index in [0.29, 0.717) is 31.2 Å². The number of rotatable bonds is 9. The molecule has 1 N–H and O–H groups in total. The number of benzene rings is 2. The lowest BCUT2D eigenvalue weighted by atomic mass is 10.2. The summed E-state index contributed by atoms with van der Waals surface area (Å²) in [6.07, 6.45) is 1.28. The molecule has 0 saturated heterocycles. The summed E-state index contributed by atoms with van der Waals surface area (Å²) < 4.78 is 11.0. The molecule has 3 rings (SSSR count). The molecule has 1 heterocycles. The third kappa shape index (κ3) is 5.69. The highest BCUT2D eigenvalue weighted by Gasteiger charge is 2.22. The Kier molecular flexibility index (Phi) is 8.02. The highest BCUT2D eigenvalue weighted by molar-refractivity contribution is 7.99. The van der Waals surface area contributed by atoms with Gasteiger partial charge >= 0.3 is 0 Å². The molecule has 7 heteroatoms. The Labute approximate surface area is 181 Å². The zero-order valence-corrected chi connectivity index (χ0v) is 18.3. The fourth-order valence-electron chi connectivity index (χ4n) is 3.23. The van der Waals surface area contributed by atoms with Crippen LogP contribution in [0.25, 0.3) is 0 Å². The molecular weight excluding hydrogens is 400 g/mol. The van der Waals surface area contributed by atoms with Gasteiger partial charge in [0.25, 0.3) is 0 Å². The van der Waals surface area contributed by atoms with Gasteiger partial charge in [-0.1, -0.05) is 25.1 Å². The van der Waals surface area contributed by atoms with Crippen LogP contribution in [0.15, 0.2) is 47.4 Å². The highest BCUT2D eigenvalue weighted by Crippen LogP contribution is 2.34. The van der Waals surface area contributed by atoms with Crippen molar-refractivity contribution in [1.82, 2.24) is 5.32 Å². The van der Waals surface area contributed by atoms with Crippen LogP contribution in [0.5, 0.6) is 11.5 Å². The highest BCUT2D eigenvalue weighted by atomic mass is 32.2. The number of nitrogens with one attached hydrogen (secondary N) is 1. The summed E-state index contributed by atoms with van der Waals surface area (Å²) in [6, 6.07) is 13.5. The average molecular weight is 429 g/mol. The predicted octanol–water partition coefficient (Wildman–Crippen LogP) is 4.02. The van der Waals surface area contributed by atoms with Crippen LogP contribution in [0.3, 0.4) is 0 Å². The number of hydrogen-bond donors (Lipinski definition) is 1. The first kappa shape index (κ1) is 22.0. The lowest BCUT2D eigenvalue weighted by molar-refractivity contribution is -0.125. The normalized spacial score (nSPS) is 12.8. The summed E-state index contributed by atoms with van der Waals surface area (Å²) in [7, 11) is 1.60. The van der Waals surface area contributed by atoms with Gasteiger partial charge < -0.3 is 19.7 Å². The maximum atomic E-state index is 12.7. The number of nitrogens with zero attached hydrogens (tertiary/aromatic N) is 1. The first-order chi connectivity index (χ1) is 14.6. The molecule has 0 atom stereocenters. The molecule has 2 aromatic rings. The molecule has 2 amide bonds. The van der Waals surface area contributed by atoms with Crippen molar-refractivity contribution in [3.8, 4) is 11.5 Å². The van der Waals surface area contributed by atoms with E-state index in [-0.39, 0.29) is 24.7 Å². The molecule has 0 radical (unpaired) electrons. The smallest absolute Gasteiger partial charge is 0.227 e. The molecule has 0 aromatic heterocycles. The fraction of sp³-hybridized carbons (Fsp3) is 0.391. The molecule has 1 aliphatic heterocycles. The Hall–Kier alpha value is -2.67. The number of para-hydroxylation sites is 1. The number of hydrogen-bond acceptors (Lipinski definition) is 5. The Balaban J connectivity index is 1.49. The van der Waals surface area contributed by atoms with E-state index in [1.165, 1.54) is 0 Å². The number of carbonyl (C=O) groups is 2. The predicted molar refractivity (Wildman–Crippen MR) is 119 cm³/mol. The number of carbonyl (C=O) groups excluding carboxylic acids is 2. The average Bonchev–Trinajstić information content (AvgIpc) is 2.79. The number of amides is 2. The van der Waals surface area contributed by atoms with Crippen LogP contribution in [-0.4, -0.2) is 37.8 Å². The van der Waals surface area contributed by atoms with Crippen molar-refractivity contribution in [3.63, 3.8) is 0 Å². The van der Waals surface area contributed by atoms with Crippen LogP contribution in [0, 0.1) is 0 Å². The maximum Gasteiger partial charge on any atom is 0.227 e. The van der Waals surface area contributed by atoms with E-state index in [4.69, 9.17) is 9.47 Å². The van der Waals surface area contributed by atoms with Gasteiger partial charge in [-0.25, -0.2) is 0 Å². The van der Waals surface area contributed by atoms with Crippen LogP contribution in [-0.2, 0) is 16.1 Å². The summed E-state index contributed by atoms with van der Waals surface area (Å²) in [4.78, 5) is 27.8. The summed E-state index contributed by atoms with van der Waals surface area (Å²) in [5, 5.41) is 2.88. The largest absolute Gasteiger partial charge is 0.493 e. The first-order valence-electron chi connectivity index (χ1n) is 10.2. The monoisotopic (exact) mass is 428 g/mol. The third-order valence-electron chi connectivity index (χ3n) is 4.77. The molecule has 0 saturated carbocycles. The second-order valence-electron chi connectivity index (χ2n) is 6.97. The molecule has 0 bridgehead atoms. The fourth-order valence-corrected chi connectivity index (χ4v) is 4.22. The van der Waals surface area contributed by atoms with Crippen molar-refractivity contribution in [2.75, 3.05) is 30.9 Å². The van der Waals surface area contributed by atoms with Crippen molar-refractivity contribution in [2.45, 2.75) is 37.6 Å². The van der Waals surface area contributed by atoms with Gasteiger partial charge in [0.15, 0.2) is 11.5 Å². The zero-order valence-electron chi connectivity index (χ0n) is 17.5. The second-order valence-corrected chi connectivity index (χ2v) is 8.11. The molecular formula is C23H28N2O4S. The van der Waals surface area contributed by atoms with E-state index in [1.807, 2.05) is 49.4 Å². The molecule has 6 nitrogen and oxygen atoms in total. The number of thioether (sulfide) groups is 1. The van der Waals surface area contributed by atoms with Crippen LogP contribution < -0.4 is 19.7 Å². The van der Waals surface area contributed by atoms with E-state index in [2.05, 4.69) is 5.32 Å². The van der Waals surface area contributed by atoms with Crippen molar-refractivity contribution < 1.29 is 19.1 Å². The Morgan fingerprint density at radius 1 is 1.13 bits per heavy atom. The molecule has 0 spiro atoms. The van der Waals surface area contributed by atoms with Crippen molar-refractivity contribution in [1.29, 1.82) is 0 Å². The number of fused-ring (bicyclic) bond motifs is 1. The summed E-state index contributed by atoms with van der Waals surface area (Å²) >= 11 is 1.76. The van der Waals surface area contributed by atoms with Crippen LogP contribution in [0.1, 0.15) is 31.7 Å². The topological polar surface area (TPSA) is 67.9 Å². The Morgan fingerprint density at radius 3 is 2.77 bits per heavy atom. The molecule has 0 aliphatic carbocycles. The Bertz CT molecular complexity index is 887. The number of anilines is 1. The minimum Gasteiger partial charge on any atom is -0.493 e. The van der Waals surface area contributed by atoms with Crippen LogP contribution in [0.4, 0.5) is 5.69 Å². The summed E-state index contributed by atoms with van der Waals surface area (Å²) in [5.41, 5.74) is 1.86. The van der Waals surface area contributed by atoms with Gasteiger partial charge in [-0.3, -0.25) is 9.59 Å². The summed E-state index contributed by atoms with van der Waals surface area (Å²) in [6.45, 7) is 3.72. The van der Waals surface area contributed by atoms with Gasteiger partial charge in [-0.2, -0.15) is 0 Å². The lowest BCUT2D eigenvalue weighted by Crippen LogP contribution is -2.36. The van der Waals surface area contributed by atoms with Gasteiger partial charge in [-0.15, -0.1) is 11.8 Å². The van der Waals surface area contributed by atoms with Gasteiger partial charge in [0.2, 0.25) is 11.8 Å². The molecule has 0 fully saturated rings. The SMILES string of the molecule is CCCOc1ccc(CNC(=O)CCC(=O)N2CCSc3ccccc32)cc1OC. The van der Waals surface area contributed by atoms with Crippen molar-refractivity contribution in [2.24, 2.45) is 0 Å². The van der Waals surface area contributed by atoms with E-state index in [9.17, 15) is 9.59 Å². The van der Waals surface area contributed by atoms with Crippen molar-refractivity contribution >= 4 is 29.3 Å². The number of ether oxygens (including phenoxy) is 2. The van der Waals surface area contributed by atoms with Gasteiger partial charge in [0.1, 0.15) is 0 Å². The van der Waals surface area contributed by atoms with E-state index in [0.717, 1.165) is 28.3 Å². The van der Waals surface area contributed by atoms with Crippen LogP contribution >= 0.6 is 11.8 Å². The molecule has 30 heavy (non-hydrogen) atoms. The van der Waals surface area contributed by atoms with Crippen LogP contribution in [0.2, 0.25) is 0 Å². The zero-order chi connectivity index (χ0) is 21.3. The summed E-state index contributed by atoms with van der Waals surface area (Å²) in [5.74, 6) is 2.05. The lowest BCUT2D eigenvalue weighted by Gasteiger charge is -2.29. The number of methoxy groups -OCH3 is 1. The minimum atomic E-state index is -0.145. The van der Waals surface area contributed by atoms with Crippen molar-refractivity contribution in [3.05, 3.63) is 48.0 Å². The molecule has 0 unspecified atom stereocenters. The Morgan fingerprint density at radius 2 is 1.97 bits per heavy atom.